The maximum Gasteiger partial charge on any atom is 0.0972 e. The van der Waals surface area contributed by atoms with E-state index in [0.717, 1.165) is 49.4 Å². The quantitative estimate of drug-likeness (QED) is 0.208. The van der Waals surface area contributed by atoms with Crippen LogP contribution in [0.25, 0.3) is 87.3 Å². The molecule has 0 aliphatic rings. The summed E-state index contributed by atoms with van der Waals surface area (Å²) < 4.78 is 0. The summed E-state index contributed by atoms with van der Waals surface area (Å²) in [4.78, 5) is 14.3. The van der Waals surface area contributed by atoms with Crippen molar-refractivity contribution in [1.29, 1.82) is 0 Å². The lowest BCUT2D eigenvalue weighted by atomic mass is 9.91. The van der Waals surface area contributed by atoms with Crippen LogP contribution in [0.5, 0.6) is 0 Å². The summed E-state index contributed by atoms with van der Waals surface area (Å²) in [5.74, 6) is 0. The largest absolute Gasteiger partial charge is 0.264 e. The fourth-order valence-electron chi connectivity index (χ4n) is 6.54. The molecule has 0 N–H and O–H groups in total. The molecule has 6 aromatic carbocycles. The minimum atomic E-state index is 0.914. The molecule has 194 valence electrons. The van der Waals surface area contributed by atoms with Gasteiger partial charge in [-0.15, -0.1) is 0 Å². The molecule has 0 atom stereocenters. The van der Waals surface area contributed by atoms with Gasteiger partial charge in [0.1, 0.15) is 0 Å². The number of pyridine rings is 3. The van der Waals surface area contributed by atoms with E-state index in [1.54, 1.807) is 0 Å². The Balaban J connectivity index is 1.31. The van der Waals surface area contributed by atoms with E-state index < -0.39 is 0 Å². The highest BCUT2D eigenvalue weighted by atomic mass is 14.8. The van der Waals surface area contributed by atoms with Crippen molar-refractivity contribution >= 4 is 64.9 Å². The molecule has 3 aromatic heterocycles. The molecule has 0 radical (unpaired) electrons. The van der Waals surface area contributed by atoms with Gasteiger partial charge in [-0.2, -0.15) is 0 Å². The third kappa shape index (κ3) is 3.44. The zero-order valence-corrected chi connectivity index (χ0v) is 22.6. The van der Waals surface area contributed by atoms with Crippen LogP contribution < -0.4 is 0 Å². The van der Waals surface area contributed by atoms with Crippen LogP contribution >= 0.6 is 0 Å². The minimum absolute atomic E-state index is 0.914. The van der Waals surface area contributed by atoms with Gasteiger partial charge in [-0.3, -0.25) is 9.97 Å². The first-order valence-corrected chi connectivity index (χ1v) is 14.2. The van der Waals surface area contributed by atoms with E-state index in [9.17, 15) is 0 Å². The highest BCUT2D eigenvalue weighted by Gasteiger charge is 2.14. The van der Waals surface area contributed by atoms with Gasteiger partial charge in [0.15, 0.2) is 0 Å². The fourth-order valence-corrected chi connectivity index (χ4v) is 6.54. The SMILES string of the molecule is c1cnc2c(c1)ccc1ccc(-c3cc(-c4ccc5c6ccccc6c6ccccc6c5c4)cc4ccncc34)nc12. The first-order valence-electron chi connectivity index (χ1n) is 14.2. The maximum atomic E-state index is 5.19. The summed E-state index contributed by atoms with van der Waals surface area (Å²) >= 11 is 0. The summed E-state index contributed by atoms with van der Waals surface area (Å²) in [6.45, 7) is 0. The molecule has 9 rings (SSSR count). The predicted molar refractivity (Wildman–Crippen MR) is 176 cm³/mol. The van der Waals surface area contributed by atoms with E-state index in [1.807, 2.05) is 24.7 Å². The van der Waals surface area contributed by atoms with Gasteiger partial charge in [0, 0.05) is 40.3 Å². The van der Waals surface area contributed by atoms with E-state index in [0.29, 0.717) is 0 Å². The van der Waals surface area contributed by atoms with Gasteiger partial charge in [-0.25, -0.2) is 4.98 Å². The normalized spacial score (nSPS) is 11.8. The Morgan fingerprint density at radius 1 is 0.405 bits per heavy atom. The van der Waals surface area contributed by atoms with E-state index in [4.69, 9.17) is 4.98 Å². The first kappa shape index (κ1) is 23.1. The predicted octanol–water partition coefficient (Wildman–Crippen LogP) is 10.1. The molecular formula is C39H23N3. The Morgan fingerprint density at radius 2 is 1.10 bits per heavy atom. The van der Waals surface area contributed by atoms with Crippen molar-refractivity contribution in [2.24, 2.45) is 0 Å². The van der Waals surface area contributed by atoms with Gasteiger partial charge in [-0.1, -0.05) is 84.9 Å². The lowest BCUT2D eigenvalue weighted by molar-refractivity contribution is 1.35. The third-order valence-electron chi connectivity index (χ3n) is 8.54. The number of benzene rings is 6. The Morgan fingerprint density at radius 3 is 1.88 bits per heavy atom. The number of aromatic nitrogens is 3. The molecule has 0 unspecified atom stereocenters. The molecular weight excluding hydrogens is 510 g/mol. The highest BCUT2D eigenvalue weighted by Crippen LogP contribution is 2.39. The van der Waals surface area contributed by atoms with Crippen LogP contribution in [0.3, 0.4) is 0 Å². The Hall–Kier alpha value is -5.67. The lowest BCUT2D eigenvalue weighted by Gasteiger charge is -2.14. The van der Waals surface area contributed by atoms with Gasteiger partial charge in [0.25, 0.3) is 0 Å². The molecule has 42 heavy (non-hydrogen) atoms. The molecule has 0 aliphatic carbocycles. The number of nitrogens with zero attached hydrogens (tertiary/aromatic N) is 3. The van der Waals surface area contributed by atoms with Gasteiger partial charge < -0.3 is 0 Å². The molecule has 0 fully saturated rings. The van der Waals surface area contributed by atoms with Crippen molar-refractivity contribution in [2.45, 2.75) is 0 Å². The van der Waals surface area contributed by atoms with Gasteiger partial charge in [-0.05, 0) is 85.2 Å². The highest BCUT2D eigenvalue weighted by molar-refractivity contribution is 6.25. The number of hydrogen-bond acceptors (Lipinski definition) is 3. The maximum absolute atomic E-state index is 5.19. The van der Waals surface area contributed by atoms with Crippen LogP contribution in [0.15, 0.2) is 140 Å². The second kappa shape index (κ2) is 8.92. The van der Waals surface area contributed by atoms with Crippen molar-refractivity contribution in [1.82, 2.24) is 15.0 Å². The van der Waals surface area contributed by atoms with E-state index in [-0.39, 0.29) is 0 Å². The van der Waals surface area contributed by atoms with Crippen LogP contribution in [0, 0.1) is 0 Å². The summed E-state index contributed by atoms with van der Waals surface area (Å²) in [6.07, 6.45) is 5.64. The summed E-state index contributed by atoms with van der Waals surface area (Å²) in [6, 6.07) is 43.5. The van der Waals surface area contributed by atoms with Gasteiger partial charge in [0.2, 0.25) is 0 Å². The van der Waals surface area contributed by atoms with Crippen LogP contribution in [0.1, 0.15) is 0 Å². The summed E-state index contributed by atoms with van der Waals surface area (Å²) in [5, 5.41) is 12.1. The van der Waals surface area contributed by atoms with Crippen LogP contribution in [0.2, 0.25) is 0 Å². The fraction of sp³-hybridized carbons (Fsp3) is 0. The Labute approximate surface area is 241 Å². The van der Waals surface area contributed by atoms with Crippen molar-refractivity contribution < 1.29 is 0 Å². The molecule has 0 bridgehead atoms. The van der Waals surface area contributed by atoms with E-state index in [1.165, 1.54) is 37.9 Å². The van der Waals surface area contributed by atoms with Crippen molar-refractivity contribution in [3.05, 3.63) is 140 Å². The average molecular weight is 534 g/mol. The van der Waals surface area contributed by atoms with Crippen molar-refractivity contribution in [3.8, 4) is 22.4 Å². The van der Waals surface area contributed by atoms with Crippen molar-refractivity contribution in [2.75, 3.05) is 0 Å². The number of rotatable bonds is 2. The van der Waals surface area contributed by atoms with E-state index in [2.05, 4.69) is 125 Å². The monoisotopic (exact) mass is 533 g/mol. The third-order valence-corrected chi connectivity index (χ3v) is 8.54. The molecule has 9 aromatic rings. The van der Waals surface area contributed by atoms with E-state index >= 15 is 0 Å². The molecule has 0 spiro atoms. The number of fused-ring (bicyclic) bond motifs is 10. The topological polar surface area (TPSA) is 38.7 Å². The molecule has 3 nitrogen and oxygen atoms in total. The minimum Gasteiger partial charge on any atom is -0.264 e. The molecule has 0 aliphatic heterocycles. The van der Waals surface area contributed by atoms with Gasteiger partial charge >= 0.3 is 0 Å². The Bertz CT molecular complexity index is 2500. The number of hydrogen-bond donors (Lipinski definition) is 0. The van der Waals surface area contributed by atoms with Crippen molar-refractivity contribution in [3.63, 3.8) is 0 Å². The Kier molecular flexibility index (Phi) is 4.90. The average Bonchev–Trinajstić information content (AvgIpc) is 3.07. The summed E-state index contributed by atoms with van der Waals surface area (Å²) in [7, 11) is 0. The van der Waals surface area contributed by atoms with Crippen LogP contribution in [-0.2, 0) is 0 Å². The molecule has 0 saturated carbocycles. The smallest absolute Gasteiger partial charge is 0.0972 e. The first-order chi connectivity index (χ1) is 20.8. The van der Waals surface area contributed by atoms with Crippen LogP contribution in [0.4, 0.5) is 0 Å². The zero-order valence-electron chi connectivity index (χ0n) is 22.6. The standard InChI is InChI=1S/C39H23N3/c1-2-9-31-29(7-1)30-8-3-4-10-32(30)34-21-26(13-15-33(31)34)28-20-27-17-19-40-23-36(27)35(22-28)37-16-14-25-12-11-24-6-5-18-41-38(24)39(25)42-37/h1-23H. The lowest BCUT2D eigenvalue weighted by Crippen LogP contribution is -1.91. The van der Waals surface area contributed by atoms with Gasteiger partial charge in [0.05, 0.1) is 16.7 Å². The zero-order chi connectivity index (χ0) is 27.6. The second-order valence-electron chi connectivity index (χ2n) is 10.9. The molecule has 3 heteroatoms. The van der Waals surface area contributed by atoms with Crippen LogP contribution in [-0.4, -0.2) is 15.0 Å². The second-order valence-corrected chi connectivity index (χ2v) is 10.9. The molecule has 0 amide bonds. The summed E-state index contributed by atoms with van der Waals surface area (Å²) in [5.41, 5.74) is 6.14. The molecule has 0 saturated heterocycles. The molecule has 3 heterocycles.